The molecular formula is C17H15Cl2N3O2. The van der Waals surface area contributed by atoms with Crippen molar-refractivity contribution in [3.8, 4) is 0 Å². The molecule has 3 rings (SSSR count). The van der Waals surface area contributed by atoms with Crippen molar-refractivity contribution in [1.82, 2.24) is 9.97 Å². The summed E-state index contributed by atoms with van der Waals surface area (Å²) in [5.74, 6) is 0. The SMILES string of the molecule is CO/N=C(/Cc1cccnc1)c1ccc(Cl)cc1Cl.c1cocn1. The molecule has 0 unspecified atom stereocenters. The summed E-state index contributed by atoms with van der Waals surface area (Å²) in [6.07, 6.45) is 8.57. The normalized spacial score (nSPS) is 10.7. The summed E-state index contributed by atoms with van der Waals surface area (Å²) < 4.78 is 4.47. The number of halogens is 2. The molecule has 2 aromatic heterocycles. The second-order valence-corrected chi connectivity index (χ2v) is 5.40. The number of rotatable bonds is 4. The minimum atomic E-state index is 0.548. The first kappa shape index (κ1) is 18.0. The van der Waals surface area contributed by atoms with E-state index in [9.17, 15) is 0 Å². The Labute approximate surface area is 149 Å². The Morgan fingerprint density at radius 1 is 1.21 bits per heavy atom. The van der Waals surface area contributed by atoms with Gasteiger partial charge in [0.2, 0.25) is 0 Å². The zero-order chi connectivity index (χ0) is 17.2. The van der Waals surface area contributed by atoms with E-state index in [0.717, 1.165) is 16.8 Å². The van der Waals surface area contributed by atoms with Crippen LogP contribution in [0.15, 0.2) is 71.2 Å². The molecule has 0 saturated heterocycles. The molecule has 0 aliphatic heterocycles. The molecule has 0 atom stereocenters. The Balaban J connectivity index is 0.000000355. The predicted molar refractivity (Wildman–Crippen MR) is 94.5 cm³/mol. The van der Waals surface area contributed by atoms with Gasteiger partial charge < -0.3 is 9.25 Å². The third-order valence-corrected chi connectivity index (χ3v) is 3.43. The molecule has 0 spiro atoms. The first-order valence-corrected chi connectivity index (χ1v) is 7.73. The number of benzene rings is 1. The lowest BCUT2D eigenvalue weighted by Crippen LogP contribution is -2.07. The lowest BCUT2D eigenvalue weighted by molar-refractivity contribution is 0.213. The first-order chi connectivity index (χ1) is 11.7. The van der Waals surface area contributed by atoms with Crippen LogP contribution in [0.5, 0.6) is 0 Å². The monoisotopic (exact) mass is 363 g/mol. The number of aromatic nitrogens is 2. The highest BCUT2D eigenvalue weighted by Crippen LogP contribution is 2.23. The van der Waals surface area contributed by atoms with Crippen LogP contribution in [0.2, 0.25) is 10.0 Å². The summed E-state index contributed by atoms with van der Waals surface area (Å²) in [4.78, 5) is 12.5. The smallest absolute Gasteiger partial charge is 0.180 e. The fourth-order valence-electron chi connectivity index (χ4n) is 1.88. The van der Waals surface area contributed by atoms with Crippen LogP contribution in [0, 0.1) is 0 Å². The van der Waals surface area contributed by atoms with Crippen LogP contribution < -0.4 is 0 Å². The third-order valence-electron chi connectivity index (χ3n) is 2.89. The second kappa shape index (κ2) is 9.70. The van der Waals surface area contributed by atoms with Crippen molar-refractivity contribution < 1.29 is 9.25 Å². The highest BCUT2D eigenvalue weighted by Gasteiger charge is 2.11. The number of oxazole rings is 1. The molecule has 7 heteroatoms. The molecule has 24 heavy (non-hydrogen) atoms. The Morgan fingerprint density at radius 3 is 2.62 bits per heavy atom. The molecule has 0 aliphatic carbocycles. The van der Waals surface area contributed by atoms with E-state index in [0.29, 0.717) is 16.5 Å². The fourth-order valence-corrected chi connectivity index (χ4v) is 2.40. The van der Waals surface area contributed by atoms with E-state index in [1.807, 2.05) is 18.2 Å². The average molecular weight is 364 g/mol. The molecule has 124 valence electrons. The zero-order valence-corrected chi connectivity index (χ0v) is 14.4. The van der Waals surface area contributed by atoms with Gasteiger partial charge >= 0.3 is 0 Å². The molecule has 0 saturated carbocycles. The molecule has 5 nitrogen and oxygen atoms in total. The average Bonchev–Trinajstić information content (AvgIpc) is 3.15. The summed E-state index contributed by atoms with van der Waals surface area (Å²) in [6.45, 7) is 0. The number of pyridine rings is 1. The number of hydrogen-bond acceptors (Lipinski definition) is 5. The van der Waals surface area contributed by atoms with Gasteiger partial charge in [-0.1, -0.05) is 40.5 Å². The quantitative estimate of drug-likeness (QED) is 0.499. The van der Waals surface area contributed by atoms with Crippen LogP contribution in [-0.2, 0) is 11.3 Å². The topological polar surface area (TPSA) is 60.5 Å². The van der Waals surface area contributed by atoms with E-state index in [-0.39, 0.29) is 0 Å². The second-order valence-electron chi connectivity index (χ2n) is 4.56. The van der Waals surface area contributed by atoms with E-state index < -0.39 is 0 Å². The highest BCUT2D eigenvalue weighted by molar-refractivity contribution is 6.37. The number of hydrogen-bond donors (Lipinski definition) is 0. The Bertz CT molecular complexity index is 746. The largest absolute Gasteiger partial charge is 0.452 e. The highest BCUT2D eigenvalue weighted by atomic mass is 35.5. The van der Waals surface area contributed by atoms with Crippen molar-refractivity contribution in [3.63, 3.8) is 0 Å². The predicted octanol–water partition coefficient (Wildman–Crippen LogP) is 4.66. The van der Waals surface area contributed by atoms with Crippen LogP contribution >= 0.6 is 23.2 Å². The molecule has 3 aromatic rings. The summed E-state index contributed by atoms with van der Waals surface area (Å²) in [5, 5.41) is 5.18. The zero-order valence-electron chi connectivity index (χ0n) is 12.9. The summed E-state index contributed by atoms with van der Waals surface area (Å²) >= 11 is 12.1. The van der Waals surface area contributed by atoms with Gasteiger partial charge in [-0.05, 0) is 23.8 Å². The molecule has 0 bridgehead atoms. The lowest BCUT2D eigenvalue weighted by atomic mass is 10.0. The summed E-state index contributed by atoms with van der Waals surface area (Å²) in [6, 6.07) is 9.15. The summed E-state index contributed by atoms with van der Waals surface area (Å²) in [7, 11) is 1.51. The van der Waals surface area contributed by atoms with Crippen LogP contribution in [0.25, 0.3) is 0 Å². The van der Waals surface area contributed by atoms with E-state index in [2.05, 4.69) is 19.5 Å². The lowest BCUT2D eigenvalue weighted by Gasteiger charge is -2.08. The Morgan fingerprint density at radius 2 is 2.08 bits per heavy atom. The maximum absolute atomic E-state index is 6.19. The Hall–Kier alpha value is -2.37. The fraction of sp³-hybridized carbons (Fsp3) is 0.118. The van der Waals surface area contributed by atoms with Gasteiger partial charge in [0.05, 0.1) is 16.9 Å². The van der Waals surface area contributed by atoms with Crippen molar-refractivity contribution in [2.75, 3.05) is 7.11 Å². The molecule has 0 amide bonds. The van der Waals surface area contributed by atoms with Crippen molar-refractivity contribution in [3.05, 3.63) is 82.8 Å². The van der Waals surface area contributed by atoms with Crippen LogP contribution in [0.4, 0.5) is 0 Å². The van der Waals surface area contributed by atoms with Gasteiger partial charge in [0.25, 0.3) is 0 Å². The van der Waals surface area contributed by atoms with Crippen molar-refractivity contribution in [1.29, 1.82) is 0 Å². The van der Waals surface area contributed by atoms with Crippen molar-refractivity contribution in [2.45, 2.75) is 6.42 Å². The van der Waals surface area contributed by atoms with Gasteiger partial charge in [0.15, 0.2) is 6.39 Å². The van der Waals surface area contributed by atoms with Crippen LogP contribution in [0.3, 0.4) is 0 Å². The third kappa shape index (κ3) is 5.68. The van der Waals surface area contributed by atoms with Crippen molar-refractivity contribution in [2.24, 2.45) is 5.16 Å². The van der Waals surface area contributed by atoms with E-state index in [1.165, 1.54) is 19.8 Å². The first-order valence-electron chi connectivity index (χ1n) is 6.97. The maximum Gasteiger partial charge on any atom is 0.180 e. The summed E-state index contributed by atoms with van der Waals surface area (Å²) in [5.41, 5.74) is 2.57. The van der Waals surface area contributed by atoms with Gasteiger partial charge in [0, 0.05) is 29.4 Å². The maximum atomic E-state index is 6.19. The van der Waals surface area contributed by atoms with Gasteiger partial charge in [-0.2, -0.15) is 0 Å². The van der Waals surface area contributed by atoms with Gasteiger partial charge in [-0.3, -0.25) is 4.98 Å². The van der Waals surface area contributed by atoms with Gasteiger partial charge in [-0.15, -0.1) is 0 Å². The molecule has 0 N–H and O–H groups in total. The van der Waals surface area contributed by atoms with E-state index in [4.69, 9.17) is 28.0 Å². The van der Waals surface area contributed by atoms with Gasteiger partial charge in [-0.25, -0.2) is 4.98 Å². The van der Waals surface area contributed by atoms with Crippen molar-refractivity contribution >= 4 is 28.9 Å². The van der Waals surface area contributed by atoms with E-state index >= 15 is 0 Å². The van der Waals surface area contributed by atoms with Gasteiger partial charge in [0.1, 0.15) is 13.4 Å². The standard InChI is InChI=1S/C14H12Cl2N2O.C3H3NO/c1-19-18-14(7-10-3-2-6-17-9-10)12-5-4-11(15)8-13(12)16;1-2-5-3-4-1/h2-6,8-9H,7H2,1H3;1-3H/b18-14-;. The van der Waals surface area contributed by atoms with Crippen LogP contribution in [0.1, 0.15) is 11.1 Å². The minimum Gasteiger partial charge on any atom is -0.452 e. The molecule has 0 aliphatic rings. The van der Waals surface area contributed by atoms with E-state index in [1.54, 1.807) is 30.7 Å². The molecule has 2 heterocycles. The molecule has 0 radical (unpaired) electrons. The van der Waals surface area contributed by atoms with Crippen LogP contribution in [-0.4, -0.2) is 22.8 Å². The molecular weight excluding hydrogens is 349 g/mol. The molecule has 1 aromatic carbocycles. The minimum absolute atomic E-state index is 0.548. The number of nitrogens with zero attached hydrogens (tertiary/aromatic N) is 3. The molecule has 0 fully saturated rings. The Kier molecular flexibility index (Phi) is 7.26. The number of oxime groups is 1.